The molecular formula is C40H73N2O7P. The van der Waals surface area contributed by atoms with Crippen molar-refractivity contribution in [3.8, 4) is 0 Å². The van der Waals surface area contributed by atoms with Gasteiger partial charge in [0.25, 0.3) is 7.82 Å². The SMILES string of the molecule is C/C=C/CC/C=C/CC/C=C/CCCC(O)C(O)C(COP(=O)([O-])OCC[N+](C)(C)C)NC(=O)CCCCCCC/C=C\C/C=C\CCCC. The van der Waals surface area contributed by atoms with Gasteiger partial charge in [-0.1, -0.05) is 99.8 Å². The number of carbonyl (C=O) groups is 1. The topological polar surface area (TPSA) is 128 Å². The summed E-state index contributed by atoms with van der Waals surface area (Å²) in [5.41, 5.74) is 0. The summed E-state index contributed by atoms with van der Waals surface area (Å²) < 4.78 is 23.0. The number of nitrogens with zero attached hydrogens (tertiary/aromatic N) is 1. The van der Waals surface area contributed by atoms with E-state index in [1.54, 1.807) is 0 Å². The van der Waals surface area contributed by atoms with Crippen LogP contribution in [0.3, 0.4) is 0 Å². The van der Waals surface area contributed by atoms with Gasteiger partial charge in [0.2, 0.25) is 5.91 Å². The first-order valence-corrected chi connectivity index (χ1v) is 20.6. The molecule has 50 heavy (non-hydrogen) atoms. The zero-order chi connectivity index (χ0) is 37.4. The van der Waals surface area contributed by atoms with Crippen molar-refractivity contribution >= 4 is 13.7 Å². The highest BCUT2D eigenvalue weighted by molar-refractivity contribution is 7.45. The van der Waals surface area contributed by atoms with E-state index in [2.05, 4.69) is 73.0 Å². The Morgan fingerprint density at radius 3 is 1.92 bits per heavy atom. The van der Waals surface area contributed by atoms with Gasteiger partial charge in [-0.15, -0.1) is 0 Å². The number of aliphatic hydroxyl groups excluding tert-OH is 2. The van der Waals surface area contributed by atoms with Crippen LogP contribution in [-0.4, -0.2) is 79.8 Å². The number of carbonyl (C=O) groups excluding carboxylic acids is 1. The third-order valence-electron chi connectivity index (χ3n) is 8.12. The number of likely N-dealkylation sites (N-methyl/N-ethyl adjacent to an activating group) is 1. The minimum absolute atomic E-state index is 0.0560. The maximum atomic E-state index is 12.8. The number of phosphoric acid groups is 1. The fourth-order valence-electron chi connectivity index (χ4n) is 4.95. The smallest absolute Gasteiger partial charge is 0.268 e. The van der Waals surface area contributed by atoms with Crippen molar-refractivity contribution in [2.24, 2.45) is 0 Å². The summed E-state index contributed by atoms with van der Waals surface area (Å²) in [7, 11) is 1.07. The monoisotopic (exact) mass is 725 g/mol. The molecule has 1 amide bonds. The molecule has 10 heteroatoms. The zero-order valence-corrected chi connectivity index (χ0v) is 33.1. The Hall–Kier alpha value is -1.84. The number of amides is 1. The molecule has 0 rings (SSSR count). The van der Waals surface area contributed by atoms with Gasteiger partial charge < -0.3 is 34.0 Å². The first-order chi connectivity index (χ1) is 23.9. The van der Waals surface area contributed by atoms with Crippen LogP contribution in [0.25, 0.3) is 0 Å². The second-order valence-corrected chi connectivity index (χ2v) is 15.5. The van der Waals surface area contributed by atoms with Crippen LogP contribution in [0, 0.1) is 0 Å². The van der Waals surface area contributed by atoms with E-state index in [0.717, 1.165) is 77.0 Å². The minimum Gasteiger partial charge on any atom is -0.756 e. The largest absolute Gasteiger partial charge is 0.756 e. The molecule has 0 bridgehead atoms. The average molecular weight is 725 g/mol. The number of phosphoric ester groups is 1. The number of hydrogen-bond donors (Lipinski definition) is 3. The molecule has 9 nitrogen and oxygen atoms in total. The van der Waals surface area contributed by atoms with Gasteiger partial charge in [0.15, 0.2) is 0 Å². The van der Waals surface area contributed by atoms with Crippen molar-refractivity contribution in [3.63, 3.8) is 0 Å². The van der Waals surface area contributed by atoms with Crippen LogP contribution in [0.5, 0.6) is 0 Å². The standard InChI is InChI=1S/C40H73N2O7P/c1-6-8-10-12-14-16-18-20-21-23-25-27-29-31-33-39(44)41-37(36-49-50(46,47)48-35-34-42(3,4)5)40(45)38(43)32-30-28-26-24-22-19-17-15-13-11-9-7-2/h7,9,12,14-15,17-18,20,24,26,37-38,40,43,45H,6,8,10-11,13,16,19,21-23,25,27-36H2,1-5H3,(H-,41,44,46,47)/b9-7+,14-12-,17-15+,20-18-,26-24+. The highest BCUT2D eigenvalue weighted by Crippen LogP contribution is 2.38. The van der Waals surface area contributed by atoms with Crippen molar-refractivity contribution in [1.82, 2.24) is 5.32 Å². The number of rotatable bonds is 33. The molecule has 0 radical (unpaired) electrons. The second-order valence-electron chi connectivity index (χ2n) is 14.0. The molecule has 0 aliphatic heterocycles. The van der Waals surface area contributed by atoms with Crippen molar-refractivity contribution in [1.29, 1.82) is 0 Å². The molecule has 0 saturated heterocycles. The van der Waals surface area contributed by atoms with E-state index in [4.69, 9.17) is 9.05 Å². The summed E-state index contributed by atoms with van der Waals surface area (Å²) in [6, 6.07) is -1.11. The number of quaternary nitrogens is 1. The predicted octanol–water partition coefficient (Wildman–Crippen LogP) is 8.24. The normalized spacial score (nSPS) is 15.9. The van der Waals surface area contributed by atoms with E-state index < -0.39 is 32.7 Å². The maximum absolute atomic E-state index is 12.8. The highest BCUT2D eigenvalue weighted by atomic mass is 31.2. The van der Waals surface area contributed by atoms with E-state index in [1.807, 2.05) is 28.1 Å². The van der Waals surface area contributed by atoms with Gasteiger partial charge in [-0.3, -0.25) is 9.36 Å². The van der Waals surface area contributed by atoms with Crippen LogP contribution in [0.4, 0.5) is 0 Å². The lowest BCUT2D eigenvalue weighted by atomic mass is 10.0. The Kier molecular flexibility index (Phi) is 30.7. The summed E-state index contributed by atoms with van der Waals surface area (Å²) in [6.45, 7) is 4.09. The minimum atomic E-state index is -4.68. The van der Waals surface area contributed by atoms with E-state index in [1.165, 1.54) is 12.8 Å². The maximum Gasteiger partial charge on any atom is 0.268 e. The quantitative estimate of drug-likeness (QED) is 0.0269. The molecule has 0 aliphatic carbocycles. The molecule has 0 saturated carbocycles. The Morgan fingerprint density at radius 1 is 0.760 bits per heavy atom. The fourth-order valence-corrected chi connectivity index (χ4v) is 5.68. The molecule has 0 heterocycles. The van der Waals surface area contributed by atoms with Gasteiger partial charge in [0.05, 0.1) is 39.9 Å². The Bertz CT molecular complexity index is 1020. The van der Waals surface area contributed by atoms with Crippen molar-refractivity contribution in [3.05, 3.63) is 60.8 Å². The summed E-state index contributed by atoms with van der Waals surface area (Å²) in [5, 5.41) is 24.4. The van der Waals surface area contributed by atoms with Crippen LogP contribution in [-0.2, 0) is 18.4 Å². The first-order valence-electron chi connectivity index (χ1n) is 19.2. The van der Waals surface area contributed by atoms with Gasteiger partial charge in [-0.25, -0.2) is 0 Å². The molecule has 4 atom stereocenters. The molecule has 0 aliphatic rings. The van der Waals surface area contributed by atoms with E-state index in [-0.39, 0.29) is 18.9 Å². The van der Waals surface area contributed by atoms with Gasteiger partial charge in [-0.2, -0.15) is 0 Å². The molecule has 0 aromatic heterocycles. The Morgan fingerprint density at radius 2 is 1.30 bits per heavy atom. The lowest BCUT2D eigenvalue weighted by Crippen LogP contribution is -2.51. The number of aliphatic hydroxyl groups is 2. The van der Waals surface area contributed by atoms with Crippen LogP contribution < -0.4 is 10.2 Å². The van der Waals surface area contributed by atoms with Crippen LogP contribution in [0.15, 0.2) is 60.8 Å². The van der Waals surface area contributed by atoms with Crippen molar-refractivity contribution in [2.45, 2.75) is 148 Å². The van der Waals surface area contributed by atoms with Gasteiger partial charge in [0.1, 0.15) is 19.3 Å². The Balaban J connectivity index is 4.72. The summed E-state index contributed by atoms with van der Waals surface area (Å²) in [6.07, 6.45) is 35.6. The van der Waals surface area contributed by atoms with E-state index in [0.29, 0.717) is 30.3 Å². The molecule has 290 valence electrons. The van der Waals surface area contributed by atoms with E-state index in [9.17, 15) is 24.5 Å². The lowest BCUT2D eigenvalue weighted by molar-refractivity contribution is -0.870. The number of unbranched alkanes of at least 4 members (excludes halogenated alkanes) is 10. The van der Waals surface area contributed by atoms with Crippen molar-refractivity contribution < 1.29 is 38.0 Å². The summed E-state index contributed by atoms with van der Waals surface area (Å²) in [4.78, 5) is 25.2. The molecule has 0 aromatic rings. The molecule has 0 spiro atoms. The summed E-state index contributed by atoms with van der Waals surface area (Å²) >= 11 is 0. The first kappa shape index (κ1) is 48.2. The van der Waals surface area contributed by atoms with E-state index >= 15 is 0 Å². The van der Waals surface area contributed by atoms with Gasteiger partial charge in [0, 0.05) is 6.42 Å². The Labute approximate surface area is 305 Å². The predicted molar refractivity (Wildman–Crippen MR) is 207 cm³/mol. The van der Waals surface area contributed by atoms with Gasteiger partial charge in [-0.05, 0) is 84.0 Å². The van der Waals surface area contributed by atoms with Crippen LogP contribution in [0.2, 0.25) is 0 Å². The molecule has 0 aromatic carbocycles. The zero-order valence-electron chi connectivity index (χ0n) is 32.2. The highest BCUT2D eigenvalue weighted by Gasteiger charge is 2.29. The third-order valence-corrected chi connectivity index (χ3v) is 9.08. The molecular weight excluding hydrogens is 651 g/mol. The third kappa shape index (κ3) is 32.1. The number of nitrogens with one attached hydrogen (secondary N) is 1. The average Bonchev–Trinajstić information content (AvgIpc) is 3.06. The number of hydrogen-bond acceptors (Lipinski definition) is 7. The second kappa shape index (κ2) is 31.9. The fraction of sp³-hybridized carbons (Fsp3) is 0.725. The van der Waals surface area contributed by atoms with Crippen LogP contribution >= 0.6 is 7.82 Å². The number of allylic oxidation sites excluding steroid dienone is 10. The van der Waals surface area contributed by atoms with Crippen LogP contribution in [0.1, 0.15) is 129 Å². The molecule has 4 unspecified atom stereocenters. The van der Waals surface area contributed by atoms with Gasteiger partial charge >= 0.3 is 0 Å². The molecule has 3 N–H and O–H groups in total. The molecule has 0 fully saturated rings. The van der Waals surface area contributed by atoms with Crippen molar-refractivity contribution in [2.75, 3.05) is 40.9 Å². The summed E-state index contributed by atoms with van der Waals surface area (Å²) in [5.74, 6) is -0.315. The lowest BCUT2D eigenvalue weighted by Gasteiger charge is -2.31.